The van der Waals surface area contributed by atoms with Gasteiger partial charge in [0.2, 0.25) is 0 Å². The van der Waals surface area contributed by atoms with Crippen LogP contribution in [0.2, 0.25) is 0 Å². The molecule has 0 saturated carbocycles. The predicted octanol–water partition coefficient (Wildman–Crippen LogP) is 3.67. The zero-order chi connectivity index (χ0) is 9.90. The number of benzene rings is 1. The van der Waals surface area contributed by atoms with E-state index in [4.69, 9.17) is 0 Å². The van der Waals surface area contributed by atoms with Gasteiger partial charge >= 0.3 is 6.18 Å². The lowest BCUT2D eigenvalue weighted by atomic mass is 10.0. The molecule has 0 aromatic heterocycles. The topological polar surface area (TPSA) is 0 Å². The van der Waals surface area contributed by atoms with Gasteiger partial charge < -0.3 is 0 Å². The van der Waals surface area contributed by atoms with Crippen molar-refractivity contribution in [2.75, 3.05) is 0 Å². The molecule has 1 aromatic carbocycles. The highest BCUT2D eigenvalue weighted by atomic mass is 19.4. The van der Waals surface area contributed by atoms with Crippen LogP contribution in [0, 0.1) is 6.42 Å². The minimum absolute atomic E-state index is 0.262. The first-order valence-corrected chi connectivity index (χ1v) is 4.05. The van der Waals surface area contributed by atoms with Crippen molar-refractivity contribution < 1.29 is 13.2 Å². The Labute approximate surface area is 75.4 Å². The number of rotatable bonds is 2. The largest absolute Gasteiger partial charge is 0.416 e. The quantitative estimate of drug-likeness (QED) is 0.662. The number of alkyl halides is 3. The van der Waals surface area contributed by atoms with Crippen molar-refractivity contribution in [1.29, 1.82) is 0 Å². The first kappa shape index (κ1) is 10.1. The fourth-order valence-electron chi connectivity index (χ4n) is 1.15. The maximum absolute atomic E-state index is 12.4. The molecule has 0 aliphatic carbocycles. The summed E-state index contributed by atoms with van der Waals surface area (Å²) in [5.74, 6) is 0. The highest BCUT2D eigenvalue weighted by Gasteiger charge is 2.32. The van der Waals surface area contributed by atoms with Crippen molar-refractivity contribution >= 4 is 0 Å². The van der Waals surface area contributed by atoms with Crippen LogP contribution in [0.25, 0.3) is 0 Å². The van der Waals surface area contributed by atoms with Crippen LogP contribution >= 0.6 is 0 Å². The lowest BCUT2D eigenvalue weighted by Gasteiger charge is -2.11. The van der Waals surface area contributed by atoms with Crippen LogP contribution in [0.15, 0.2) is 24.3 Å². The third kappa shape index (κ3) is 2.47. The molecule has 0 aliphatic rings. The second-order valence-electron chi connectivity index (χ2n) is 2.70. The van der Waals surface area contributed by atoms with Gasteiger partial charge in [0, 0.05) is 0 Å². The number of hydrogen-bond donors (Lipinski definition) is 0. The van der Waals surface area contributed by atoms with Gasteiger partial charge in [-0.15, -0.1) is 0 Å². The van der Waals surface area contributed by atoms with E-state index in [2.05, 4.69) is 0 Å². The van der Waals surface area contributed by atoms with Gasteiger partial charge in [-0.3, -0.25) is 0 Å². The zero-order valence-corrected chi connectivity index (χ0v) is 7.23. The Kier molecular flexibility index (Phi) is 2.96. The maximum Gasteiger partial charge on any atom is 0.416 e. The summed E-state index contributed by atoms with van der Waals surface area (Å²) < 4.78 is 37.1. The van der Waals surface area contributed by atoms with Gasteiger partial charge in [-0.25, -0.2) is 0 Å². The molecule has 0 aliphatic heterocycles. The van der Waals surface area contributed by atoms with Crippen molar-refractivity contribution in [2.24, 2.45) is 0 Å². The molecule has 0 spiro atoms. The van der Waals surface area contributed by atoms with Gasteiger partial charge in [-0.1, -0.05) is 25.1 Å². The van der Waals surface area contributed by atoms with E-state index in [0.29, 0.717) is 6.42 Å². The Balaban J connectivity index is 3.05. The summed E-state index contributed by atoms with van der Waals surface area (Å²) in [6, 6.07) is 5.58. The highest BCUT2D eigenvalue weighted by molar-refractivity contribution is 5.34. The molecular formula is C10H10F3. The fraction of sp³-hybridized carbons (Fsp3) is 0.300. The molecular weight excluding hydrogens is 177 g/mol. The van der Waals surface area contributed by atoms with Crippen LogP contribution < -0.4 is 0 Å². The van der Waals surface area contributed by atoms with Crippen molar-refractivity contribution in [2.45, 2.75) is 19.5 Å². The van der Waals surface area contributed by atoms with E-state index < -0.39 is 11.7 Å². The summed E-state index contributed by atoms with van der Waals surface area (Å²) >= 11 is 0. The normalized spacial score (nSPS) is 11.7. The van der Waals surface area contributed by atoms with Crippen molar-refractivity contribution in [3.63, 3.8) is 0 Å². The first-order valence-electron chi connectivity index (χ1n) is 4.05. The number of hydrogen-bond acceptors (Lipinski definition) is 0. The molecule has 71 valence electrons. The second kappa shape index (κ2) is 3.81. The maximum atomic E-state index is 12.4. The van der Waals surface area contributed by atoms with Crippen LogP contribution in [0.1, 0.15) is 24.5 Å². The molecule has 1 aromatic rings. The van der Waals surface area contributed by atoms with Crippen LogP contribution in [-0.2, 0) is 6.18 Å². The minimum Gasteiger partial charge on any atom is -0.166 e. The van der Waals surface area contributed by atoms with Crippen LogP contribution in [0.4, 0.5) is 13.2 Å². The molecule has 0 heterocycles. The van der Waals surface area contributed by atoms with E-state index in [-0.39, 0.29) is 5.56 Å². The van der Waals surface area contributed by atoms with E-state index in [1.165, 1.54) is 12.1 Å². The van der Waals surface area contributed by atoms with E-state index in [1.54, 1.807) is 12.5 Å². The third-order valence-corrected chi connectivity index (χ3v) is 1.69. The van der Waals surface area contributed by atoms with Crippen molar-refractivity contribution in [3.8, 4) is 0 Å². The second-order valence-corrected chi connectivity index (χ2v) is 2.70. The Morgan fingerprint density at radius 2 is 1.85 bits per heavy atom. The van der Waals surface area contributed by atoms with E-state index in [9.17, 15) is 13.2 Å². The zero-order valence-electron chi connectivity index (χ0n) is 7.23. The highest BCUT2D eigenvalue weighted by Crippen LogP contribution is 2.32. The monoisotopic (exact) mass is 187 g/mol. The summed E-state index contributed by atoms with van der Waals surface area (Å²) in [6.45, 7) is 1.81. The molecule has 0 unspecified atom stereocenters. The molecule has 0 fully saturated rings. The summed E-state index contributed by atoms with van der Waals surface area (Å²) in [6.07, 6.45) is -2.07. The average Bonchev–Trinajstić information content (AvgIpc) is 2.04. The summed E-state index contributed by atoms with van der Waals surface area (Å²) in [5.41, 5.74) is -0.297. The minimum atomic E-state index is -4.25. The van der Waals surface area contributed by atoms with Crippen LogP contribution in [0.5, 0.6) is 0 Å². The van der Waals surface area contributed by atoms with Gasteiger partial charge in [0.25, 0.3) is 0 Å². The van der Waals surface area contributed by atoms with Crippen molar-refractivity contribution in [3.05, 3.63) is 41.8 Å². The molecule has 0 amide bonds. The summed E-state index contributed by atoms with van der Waals surface area (Å²) in [4.78, 5) is 0. The van der Waals surface area contributed by atoms with E-state index in [1.807, 2.05) is 6.92 Å². The van der Waals surface area contributed by atoms with E-state index in [0.717, 1.165) is 6.07 Å². The van der Waals surface area contributed by atoms with Gasteiger partial charge in [-0.05, 0) is 24.5 Å². The third-order valence-electron chi connectivity index (χ3n) is 1.69. The van der Waals surface area contributed by atoms with Crippen LogP contribution in [-0.4, -0.2) is 0 Å². The van der Waals surface area contributed by atoms with Gasteiger partial charge in [0.15, 0.2) is 0 Å². The van der Waals surface area contributed by atoms with Crippen molar-refractivity contribution in [1.82, 2.24) is 0 Å². The fourth-order valence-corrected chi connectivity index (χ4v) is 1.15. The molecule has 3 heteroatoms. The molecule has 13 heavy (non-hydrogen) atoms. The molecule has 0 saturated heterocycles. The lowest BCUT2D eigenvalue weighted by Crippen LogP contribution is -2.08. The summed E-state index contributed by atoms with van der Waals surface area (Å²) in [7, 11) is 0. The Bertz CT molecular complexity index is 276. The van der Waals surface area contributed by atoms with Crippen LogP contribution in [0.3, 0.4) is 0 Å². The molecule has 1 radical (unpaired) electrons. The SMILES string of the molecule is CC[CH]c1ccccc1C(F)(F)F. The molecule has 1 rings (SSSR count). The lowest BCUT2D eigenvalue weighted by molar-refractivity contribution is -0.137. The molecule has 0 bridgehead atoms. The van der Waals surface area contributed by atoms with Gasteiger partial charge in [0.1, 0.15) is 0 Å². The Morgan fingerprint density at radius 3 is 2.38 bits per heavy atom. The average molecular weight is 187 g/mol. The van der Waals surface area contributed by atoms with Gasteiger partial charge in [0.05, 0.1) is 5.56 Å². The number of halogens is 3. The predicted molar refractivity (Wildman–Crippen MR) is 45.1 cm³/mol. The first-order chi connectivity index (χ1) is 6.05. The molecule has 0 nitrogen and oxygen atoms in total. The smallest absolute Gasteiger partial charge is 0.166 e. The Hall–Kier alpha value is -0.990. The molecule has 0 N–H and O–H groups in total. The molecule has 0 atom stereocenters. The van der Waals surface area contributed by atoms with E-state index >= 15 is 0 Å². The van der Waals surface area contributed by atoms with Gasteiger partial charge in [-0.2, -0.15) is 13.2 Å². The Morgan fingerprint density at radius 1 is 1.23 bits per heavy atom. The summed E-state index contributed by atoms with van der Waals surface area (Å²) in [5, 5.41) is 0. The standard InChI is InChI=1S/C10H10F3/c1-2-5-8-6-3-4-7-9(8)10(11,12)13/h3-7H,2H2,1H3.